The Balaban J connectivity index is 2.25. The standard InChI is InChI=1S/C12H11BrClN3O/c1-2-7-6-15-17-11(7)16-12(18)9-5-8(14)3-4-10(9)13/h3-6H,2H2,1H3,(H2,15,16,17,18). The van der Waals surface area contributed by atoms with Crippen molar-refractivity contribution in [3.05, 3.63) is 45.0 Å². The molecule has 0 aliphatic carbocycles. The Morgan fingerprint density at radius 3 is 3.06 bits per heavy atom. The van der Waals surface area contributed by atoms with Crippen molar-refractivity contribution in [1.82, 2.24) is 10.2 Å². The van der Waals surface area contributed by atoms with Gasteiger partial charge in [0, 0.05) is 15.1 Å². The second-order valence-electron chi connectivity index (χ2n) is 3.70. The summed E-state index contributed by atoms with van der Waals surface area (Å²) in [5, 5.41) is 9.96. The molecule has 1 amide bonds. The highest BCUT2D eigenvalue weighted by Gasteiger charge is 2.13. The monoisotopic (exact) mass is 327 g/mol. The molecule has 0 spiro atoms. The molecule has 6 heteroatoms. The van der Waals surface area contributed by atoms with Gasteiger partial charge in [0.15, 0.2) is 0 Å². The number of benzene rings is 1. The molecule has 2 aromatic rings. The molecule has 0 saturated carbocycles. The van der Waals surface area contributed by atoms with Gasteiger partial charge in [-0.05, 0) is 40.5 Å². The van der Waals surface area contributed by atoms with Gasteiger partial charge in [0.1, 0.15) is 5.82 Å². The van der Waals surface area contributed by atoms with E-state index in [-0.39, 0.29) is 5.91 Å². The van der Waals surface area contributed by atoms with Crippen LogP contribution in [0.2, 0.25) is 5.02 Å². The Morgan fingerprint density at radius 2 is 2.33 bits per heavy atom. The Bertz CT molecular complexity index is 582. The molecule has 2 N–H and O–H groups in total. The number of rotatable bonds is 3. The van der Waals surface area contributed by atoms with Gasteiger partial charge in [-0.3, -0.25) is 9.89 Å². The minimum absolute atomic E-state index is 0.233. The van der Waals surface area contributed by atoms with E-state index < -0.39 is 0 Å². The van der Waals surface area contributed by atoms with Crippen molar-refractivity contribution in [3.63, 3.8) is 0 Å². The number of aryl methyl sites for hydroxylation is 1. The van der Waals surface area contributed by atoms with Crippen LogP contribution in [0.4, 0.5) is 5.82 Å². The van der Waals surface area contributed by atoms with E-state index in [4.69, 9.17) is 11.6 Å². The van der Waals surface area contributed by atoms with Crippen LogP contribution in [0.1, 0.15) is 22.8 Å². The predicted molar refractivity (Wildman–Crippen MR) is 75.1 cm³/mol. The van der Waals surface area contributed by atoms with Crippen LogP contribution in [-0.4, -0.2) is 16.1 Å². The fourth-order valence-electron chi connectivity index (χ4n) is 1.54. The average Bonchev–Trinajstić information content (AvgIpc) is 2.79. The number of hydrogen-bond acceptors (Lipinski definition) is 2. The van der Waals surface area contributed by atoms with Crippen molar-refractivity contribution in [2.45, 2.75) is 13.3 Å². The Labute approximate surface area is 118 Å². The molecule has 0 radical (unpaired) electrons. The third kappa shape index (κ3) is 2.73. The third-order valence-corrected chi connectivity index (χ3v) is 3.44. The molecule has 1 aromatic heterocycles. The van der Waals surface area contributed by atoms with Crippen molar-refractivity contribution in [2.24, 2.45) is 0 Å². The summed E-state index contributed by atoms with van der Waals surface area (Å²) in [6, 6.07) is 5.07. The zero-order valence-electron chi connectivity index (χ0n) is 9.63. The van der Waals surface area contributed by atoms with E-state index in [0.717, 1.165) is 12.0 Å². The van der Waals surface area contributed by atoms with Gasteiger partial charge in [0.25, 0.3) is 5.91 Å². The maximum Gasteiger partial charge on any atom is 0.258 e. The lowest BCUT2D eigenvalue weighted by Gasteiger charge is -2.07. The maximum absolute atomic E-state index is 12.1. The summed E-state index contributed by atoms with van der Waals surface area (Å²) in [6.07, 6.45) is 2.49. The second-order valence-corrected chi connectivity index (χ2v) is 4.99. The van der Waals surface area contributed by atoms with Crippen LogP contribution in [0.15, 0.2) is 28.9 Å². The molecule has 0 saturated heterocycles. The molecule has 1 heterocycles. The topological polar surface area (TPSA) is 57.8 Å². The quantitative estimate of drug-likeness (QED) is 0.903. The molecule has 4 nitrogen and oxygen atoms in total. The van der Waals surface area contributed by atoms with Gasteiger partial charge in [0.2, 0.25) is 0 Å². The minimum Gasteiger partial charge on any atom is -0.307 e. The Hall–Kier alpha value is -1.33. The number of carbonyl (C=O) groups is 1. The highest BCUT2D eigenvalue weighted by Crippen LogP contribution is 2.22. The fourth-order valence-corrected chi connectivity index (χ4v) is 2.14. The fraction of sp³-hybridized carbons (Fsp3) is 0.167. The molecule has 2 rings (SSSR count). The predicted octanol–water partition coefficient (Wildman–Crippen LogP) is 3.64. The van der Waals surface area contributed by atoms with Gasteiger partial charge in [-0.15, -0.1) is 0 Å². The first kappa shape index (κ1) is 13.1. The number of anilines is 1. The average molecular weight is 329 g/mol. The molecule has 0 unspecified atom stereocenters. The van der Waals surface area contributed by atoms with Gasteiger partial charge >= 0.3 is 0 Å². The summed E-state index contributed by atoms with van der Waals surface area (Å²) in [7, 11) is 0. The summed E-state index contributed by atoms with van der Waals surface area (Å²) in [4.78, 5) is 12.1. The third-order valence-electron chi connectivity index (χ3n) is 2.51. The van der Waals surface area contributed by atoms with E-state index in [0.29, 0.717) is 20.9 Å². The number of H-pyrrole nitrogens is 1. The van der Waals surface area contributed by atoms with E-state index in [1.54, 1.807) is 24.4 Å². The van der Waals surface area contributed by atoms with Crippen molar-refractivity contribution < 1.29 is 4.79 Å². The van der Waals surface area contributed by atoms with E-state index in [2.05, 4.69) is 31.4 Å². The molecule has 0 aliphatic heterocycles. The number of amides is 1. The molecule has 0 aliphatic rings. The van der Waals surface area contributed by atoms with Crippen LogP contribution in [0.25, 0.3) is 0 Å². The molecular formula is C12H11BrClN3O. The van der Waals surface area contributed by atoms with Gasteiger partial charge in [-0.2, -0.15) is 5.10 Å². The van der Waals surface area contributed by atoms with Crippen molar-refractivity contribution in [3.8, 4) is 0 Å². The highest BCUT2D eigenvalue weighted by atomic mass is 79.9. The minimum atomic E-state index is -0.233. The number of aromatic nitrogens is 2. The van der Waals surface area contributed by atoms with Crippen LogP contribution < -0.4 is 5.32 Å². The van der Waals surface area contributed by atoms with Gasteiger partial charge in [0.05, 0.1) is 11.8 Å². The SMILES string of the molecule is CCc1cn[nH]c1NC(=O)c1cc(Cl)ccc1Br. The van der Waals surface area contributed by atoms with Crippen molar-refractivity contribution >= 4 is 39.3 Å². The van der Waals surface area contributed by atoms with E-state index in [1.807, 2.05) is 6.92 Å². The zero-order chi connectivity index (χ0) is 13.1. The lowest BCUT2D eigenvalue weighted by molar-refractivity contribution is 0.102. The summed E-state index contributed by atoms with van der Waals surface area (Å²) < 4.78 is 0.696. The normalized spacial score (nSPS) is 10.4. The number of aromatic amines is 1. The summed E-state index contributed by atoms with van der Waals surface area (Å²) in [6.45, 7) is 2.00. The zero-order valence-corrected chi connectivity index (χ0v) is 12.0. The smallest absolute Gasteiger partial charge is 0.258 e. The lowest BCUT2D eigenvalue weighted by Crippen LogP contribution is -2.14. The first-order valence-corrected chi connectivity index (χ1v) is 6.57. The maximum atomic E-state index is 12.1. The van der Waals surface area contributed by atoms with E-state index >= 15 is 0 Å². The highest BCUT2D eigenvalue weighted by molar-refractivity contribution is 9.10. The first-order chi connectivity index (χ1) is 8.61. The van der Waals surface area contributed by atoms with Crippen molar-refractivity contribution in [1.29, 1.82) is 0 Å². The molecule has 18 heavy (non-hydrogen) atoms. The molecule has 94 valence electrons. The van der Waals surface area contributed by atoms with Crippen LogP contribution >= 0.6 is 27.5 Å². The second kappa shape index (κ2) is 5.54. The molecule has 0 atom stereocenters. The molecule has 0 fully saturated rings. The van der Waals surface area contributed by atoms with E-state index in [1.165, 1.54) is 0 Å². The van der Waals surface area contributed by atoms with Crippen LogP contribution in [-0.2, 0) is 6.42 Å². The van der Waals surface area contributed by atoms with E-state index in [9.17, 15) is 4.79 Å². The largest absolute Gasteiger partial charge is 0.307 e. The Kier molecular flexibility index (Phi) is 4.04. The van der Waals surface area contributed by atoms with Gasteiger partial charge in [-0.25, -0.2) is 0 Å². The number of carbonyl (C=O) groups excluding carboxylic acids is 1. The summed E-state index contributed by atoms with van der Waals surface area (Å²) in [5.41, 5.74) is 1.45. The lowest BCUT2D eigenvalue weighted by atomic mass is 10.2. The Morgan fingerprint density at radius 1 is 1.56 bits per heavy atom. The van der Waals surface area contributed by atoms with Gasteiger partial charge < -0.3 is 5.32 Å². The van der Waals surface area contributed by atoms with Crippen LogP contribution in [0.5, 0.6) is 0 Å². The van der Waals surface area contributed by atoms with Gasteiger partial charge in [-0.1, -0.05) is 18.5 Å². The molecule has 0 bridgehead atoms. The number of nitrogens with one attached hydrogen (secondary N) is 2. The molecular weight excluding hydrogens is 318 g/mol. The summed E-state index contributed by atoms with van der Waals surface area (Å²) >= 11 is 9.21. The molecule has 1 aromatic carbocycles. The number of nitrogens with zero attached hydrogens (tertiary/aromatic N) is 1. The van der Waals surface area contributed by atoms with Crippen molar-refractivity contribution in [2.75, 3.05) is 5.32 Å². The van der Waals surface area contributed by atoms with Crippen LogP contribution in [0.3, 0.4) is 0 Å². The summed E-state index contributed by atoms with van der Waals surface area (Å²) in [5.74, 6) is 0.387. The number of halogens is 2. The number of hydrogen-bond donors (Lipinski definition) is 2. The van der Waals surface area contributed by atoms with Crippen LogP contribution in [0, 0.1) is 0 Å². The first-order valence-electron chi connectivity index (χ1n) is 5.40.